The molecule has 58 heavy (non-hydrogen) atoms. The summed E-state index contributed by atoms with van der Waals surface area (Å²) in [5.41, 5.74) is 18.7. The fraction of sp³-hybridized carbons (Fsp3) is 0.0545. The second-order valence-corrected chi connectivity index (χ2v) is 16.2. The fourth-order valence-electron chi connectivity index (χ4n) is 9.75. The Bertz CT molecular complexity index is 3350. The van der Waals surface area contributed by atoms with Crippen LogP contribution >= 0.6 is 0 Å². The van der Waals surface area contributed by atoms with E-state index in [2.05, 4.69) is 182 Å². The molecule has 3 nitrogen and oxygen atoms in total. The summed E-state index contributed by atoms with van der Waals surface area (Å²) >= 11 is 0. The fourth-order valence-corrected chi connectivity index (χ4v) is 9.75. The van der Waals surface area contributed by atoms with Crippen molar-refractivity contribution in [3.8, 4) is 67.3 Å². The van der Waals surface area contributed by atoms with Crippen LogP contribution in [-0.4, -0.2) is 14.4 Å². The summed E-state index contributed by atoms with van der Waals surface area (Å²) in [6, 6.07) is 68.2. The Hall–Kier alpha value is -7.36. The molecule has 0 atom stereocenters. The van der Waals surface area contributed by atoms with E-state index in [1.807, 2.05) is 24.3 Å². The van der Waals surface area contributed by atoms with Crippen LogP contribution in [0.2, 0.25) is 0 Å². The van der Waals surface area contributed by atoms with Crippen molar-refractivity contribution >= 4 is 38.1 Å². The minimum atomic E-state index is -0.135. The normalized spacial score (nSPS) is 13.1. The summed E-state index contributed by atoms with van der Waals surface area (Å²) in [6.45, 7) is 4.69. The quantitative estimate of drug-likeness (QED) is 0.176. The monoisotopic (exact) mass is 739 g/mol. The zero-order chi connectivity index (χ0) is 38.5. The van der Waals surface area contributed by atoms with Crippen molar-refractivity contribution in [2.45, 2.75) is 19.3 Å². The molecule has 0 saturated heterocycles. The van der Waals surface area contributed by atoms with Gasteiger partial charge in [0.05, 0.1) is 27.9 Å². The first-order valence-corrected chi connectivity index (χ1v) is 20.1. The van der Waals surface area contributed by atoms with Crippen molar-refractivity contribution in [2.24, 2.45) is 0 Å². The third kappa shape index (κ3) is 4.80. The van der Waals surface area contributed by atoms with Crippen LogP contribution in [0.25, 0.3) is 105 Å². The number of fused-ring (bicyclic) bond motifs is 9. The van der Waals surface area contributed by atoms with Crippen LogP contribution < -0.4 is 0 Å². The number of hydrogen-bond acceptors (Lipinski definition) is 2. The summed E-state index contributed by atoms with van der Waals surface area (Å²) in [6.07, 6.45) is 0. The van der Waals surface area contributed by atoms with Crippen LogP contribution in [-0.2, 0) is 5.41 Å². The Morgan fingerprint density at radius 3 is 1.64 bits per heavy atom. The van der Waals surface area contributed by atoms with Gasteiger partial charge in [-0.05, 0) is 69.3 Å². The van der Waals surface area contributed by atoms with Crippen LogP contribution in [0.4, 0.5) is 0 Å². The molecule has 3 heteroatoms. The molecule has 11 aromatic rings. The van der Waals surface area contributed by atoms with E-state index in [4.69, 9.17) is 9.97 Å². The molecule has 0 spiro atoms. The Balaban J connectivity index is 0.990. The van der Waals surface area contributed by atoms with Gasteiger partial charge in [-0.2, -0.15) is 0 Å². The maximum Gasteiger partial charge on any atom is 0.160 e. The average molecular weight is 740 g/mol. The summed E-state index contributed by atoms with van der Waals surface area (Å²) < 4.78 is 2.49. The molecule has 0 N–H and O–H groups in total. The number of aromatic nitrogens is 3. The van der Waals surface area contributed by atoms with E-state index in [0.717, 1.165) is 33.9 Å². The summed E-state index contributed by atoms with van der Waals surface area (Å²) in [5.74, 6) is 0.725. The lowest BCUT2D eigenvalue weighted by atomic mass is 9.82. The SMILES string of the molecule is CC1(C)c2ccc(-c3cccc(-c4cccc5c6cccc7c8ccccc8n(c45)c76)c3)cc2-c2cc(-c3cc(-c4ccccc4)nc(-c4ccccc4)n3)ccc21. The van der Waals surface area contributed by atoms with E-state index in [-0.39, 0.29) is 5.41 Å². The highest BCUT2D eigenvalue weighted by molar-refractivity contribution is 6.25. The second-order valence-electron chi connectivity index (χ2n) is 16.2. The molecular weight excluding hydrogens is 703 g/mol. The van der Waals surface area contributed by atoms with Gasteiger partial charge in [0.2, 0.25) is 0 Å². The zero-order valence-electron chi connectivity index (χ0n) is 32.2. The van der Waals surface area contributed by atoms with Gasteiger partial charge in [0.1, 0.15) is 0 Å². The number of benzene rings is 8. The van der Waals surface area contributed by atoms with E-state index in [0.29, 0.717) is 0 Å². The second kappa shape index (κ2) is 12.3. The van der Waals surface area contributed by atoms with Crippen molar-refractivity contribution in [1.29, 1.82) is 0 Å². The summed E-state index contributed by atoms with van der Waals surface area (Å²) in [7, 11) is 0. The predicted octanol–water partition coefficient (Wildman–Crippen LogP) is 14.3. The third-order valence-electron chi connectivity index (χ3n) is 12.6. The Morgan fingerprint density at radius 1 is 0.362 bits per heavy atom. The van der Waals surface area contributed by atoms with E-state index in [1.165, 1.54) is 82.6 Å². The smallest absolute Gasteiger partial charge is 0.160 e. The standard InChI is InChI=1S/C55H37N3/c1-55(2)47-28-26-37(36-18-11-19-38(30-36)40-21-12-23-43-44-24-13-22-42-41-20-9-10-25-51(41)58(52(40)43)53(42)44)31-45(47)46-32-39(27-29-48(46)55)50-33-49(34-14-5-3-6-15-34)56-54(57-50)35-16-7-4-8-17-35/h3-33H,1-2H3. The minimum Gasteiger partial charge on any atom is -0.307 e. The highest BCUT2D eigenvalue weighted by Crippen LogP contribution is 2.51. The third-order valence-corrected chi connectivity index (χ3v) is 12.6. The molecule has 3 aromatic heterocycles. The van der Waals surface area contributed by atoms with E-state index >= 15 is 0 Å². The zero-order valence-corrected chi connectivity index (χ0v) is 32.2. The molecule has 0 bridgehead atoms. The molecule has 1 aliphatic rings. The Labute approximate surface area is 336 Å². The Morgan fingerprint density at radius 2 is 0.879 bits per heavy atom. The number of para-hydroxylation sites is 3. The van der Waals surface area contributed by atoms with Gasteiger partial charge >= 0.3 is 0 Å². The molecular formula is C55H37N3. The molecule has 0 saturated carbocycles. The van der Waals surface area contributed by atoms with Crippen molar-refractivity contribution in [3.05, 3.63) is 199 Å². The van der Waals surface area contributed by atoms with E-state index in [9.17, 15) is 0 Å². The number of nitrogens with zero attached hydrogens (tertiary/aromatic N) is 3. The number of rotatable bonds is 5. The van der Waals surface area contributed by atoms with Crippen molar-refractivity contribution in [2.75, 3.05) is 0 Å². The van der Waals surface area contributed by atoms with Crippen LogP contribution in [0.5, 0.6) is 0 Å². The van der Waals surface area contributed by atoms with Crippen molar-refractivity contribution < 1.29 is 0 Å². The molecule has 0 unspecified atom stereocenters. The predicted molar refractivity (Wildman–Crippen MR) is 241 cm³/mol. The van der Waals surface area contributed by atoms with Gasteiger partial charge in [-0.25, -0.2) is 9.97 Å². The van der Waals surface area contributed by atoms with Gasteiger partial charge < -0.3 is 4.40 Å². The van der Waals surface area contributed by atoms with Crippen LogP contribution in [0.1, 0.15) is 25.0 Å². The molecule has 12 rings (SSSR count). The molecule has 0 radical (unpaired) electrons. The van der Waals surface area contributed by atoms with Crippen LogP contribution in [0.3, 0.4) is 0 Å². The summed E-state index contributed by atoms with van der Waals surface area (Å²) in [4.78, 5) is 10.2. The topological polar surface area (TPSA) is 30.2 Å². The average Bonchev–Trinajstić information content (AvgIpc) is 3.89. The molecule has 0 fully saturated rings. The molecule has 272 valence electrons. The lowest BCUT2D eigenvalue weighted by Gasteiger charge is -2.21. The molecule has 0 aliphatic heterocycles. The van der Waals surface area contributed by atoms with E-state index in [1.54, 1.807) is 0 Å². The Kier molecular flexibility index (Phi) is 6.98. The van der Waals surface area contributed by atoms with E-state index < -0.39 is 0 Å². The first-order chi connectivity index (χ1) is 28.5. The lowest BCUT2D eigenvalue weighted by Crippen LogP contribution is -2.14. The van der Waals surface area contributed by atoms with Gasteiger partial charge in [0, 0.05) is 49.2 Å². The van der Waals surface area contributed by atoms with Crippen LogP contribution in [0.15, 0.2) is 188 Å². The molecule has 1 aliphatic carbocycles. The van der Waals surface area contributed by atoms with Crippen molar-refractivity contribution in [3.63, 3.8) is 0 Å². The lowest BCUT2D eigenvalue weighted by molar-refractivity contribution is 0.660. The first kappa shape index (κ1) is 32.8. The van der Waals surface area contributed by atoms with Gasteiger partial charge in [0.15, 0.2) is 5.82 Å². The summed E-state index contributed by atoms with van der Waals surface area (Å²) in [5, 5.41) is 5.19. The maximum absolute atomic E-state index is 5.17. The largest absolute Gasteiger partial charge is 0.307 e. The number of hydrogen-bond donors (Lipinski definition) is 0. The van der Waals surface area contributed by atoms with Gasteiger partial charge in [-0.3, -0.25) is 0 Å². The highest BCUT2D eigenvalue weighted by Gasteiger charge is 2.36. The van der Waals surface area contributed by atoms with Gasteiger partial charge in [0.25, 0.3) is 0 Å². The highest BCUT2D eigenvalue weighted by atomic mass is 14.9. The molecule has 8 aromatic carbocycles. The maximum atomic E-state index is 5.17. The minimum absolute atomic E-state index is 0.135. The van der Waals surface area contributed by atoms with Crippen molar-refractivity contribution in [1.82, 2.24) is 14.4 Å². The molecule has 0 amide bonds. The molecule has 3 heterocycles. The van der Waals surface area contributed by atoms with Gasteiger partial charge in [-0.15, -0.1) is 0 Å². The van der Waals surface area contributed by atoms with Crippen LogP contribution in [0, 0.1) is 0 Å². The van der Waals surface area contributed by atoms with Gasteiger partial charge in [-0.1, -0.05) is 172 Å². The first-order valence-electron chi connectivity index (χ1n) is 20.1.